The molecule has 0 unspecified atom stereocenters. The standard InChI is InChI=1S/C16H17NO4S/c1-17(10-12-4-7-22-15(12)16(18)19)9-11-2-3-13-14(8-11)21-6-5-20-13/h2-4,7-8H,5-6,9-10H2,1H3,(H,18,19). The van der Waals surface area contributed by atoms with Gasteiger partial charge in [-0.05, 0) is 41.8 Å². The second-order valence-electron chi connectivity index (χ2n) is 5.23. The molecule has 0 atom stereocenters. The number of hydrogen-bond donors (Lipinski definition) is 1. The summed E-state index contributed by atoms with van der Waals surface area (Å²) in [5.74, 6) is 0.695. The highest BCUT2D eigenvalue weighted by molar-refractivity contribution is 7.12. The summed E-state index contributed by atoms with van der Waals surface area (Å²) in [5, 5.41) is 11.0. The fourth-order valence-corrected chi connectivity index (χ4v) is 3.25. The van der Waals surface area contributed by atoms with Crippen LogP contribution in [0.25, 0.3) is 0 Å². The van der Waals surface area contributed by atoms with E-state index in [1.807, 2.05) is 36.7 Å². The van der Waals surface area contributed by atoms with Gasteiger partial charge in [0.25, 0.3) is 0 Å². The van der Waals surface area contributed by atoms with Crippen LogP contribution in [0.2, 0.25) is 0 Å². The molecule has 6 heteroatoms. The van der Waals surface area contributed by atoms with Gasteiger partial charge in [-0.3, -0.25) is 4.90 Å². The fraction of sp³-hybridized carbons (Fsp3) is 0.312. The van der Waals surface area contributed by atoms with Gasteiger partial charge in [0.15, 0.2) is 11.5 Å². The topological polar surface area (TPSA) is 59.0 Å². The summed E-state index contributed by atoms with van der Waals surface area (Å²) in [5.41, 5.74) is 1.95. The van der Waals surface area contributed by atoms with E-state index in [1.165, 1.54) is 11.3 Å². The number of fused-ring (bicyclic) bond motifs is 1. The predicted octanol–water partition coefficient (Wildman–Crippen LogP) is 2.85. The first-order valence-electron chi connectivity index (χ1n) is 7.00. The van der Waals surface area contributed by atoms with Crippen LogP contribution in [0.3, 0.4) is 0 Å². The van der Waals surface area contributed by atoms with Crippen LogP contribution in [0.15, 0.2) is 29.6 Å². The van der Waals surface area contributed by atoms with Gasteiger partial charge in [-0.25, -0.2) is 4.79 Å². The van der Waals surface area contributed by atoms with Crippen molar-refractivity contribution in [2.75, 3.05) is 20.3 Å². The minimum atomic E-state index is -0.863. The lowest BCUT2D eigenvalue weighted by atomic mass is 10.1. The van der Waals surface area contributed by atoms with E-state index in [0.29, 0.717) is 31.2 Å². The van der Waals surface area contributed by atoms with Crippen molar-refractivity contribution in [3.05, 3.63) is 45.6 Å². The van der Waals surface area contributed by atoms with Crippen LogP contribution in [0.1, 0.15) is 20.8 Å². The maximum Gasteiger partial charge on any atom is 0.346 e. The summed E-state index contributed by atoms with van der Waals surface area (Å²) < 4.78 is 11.1. The van der Waals surface area contributed by atoms with Crippen molar-refractivity contribution >= 4 is 17.3 Å². The summed E-state index contributed by atoms with van der Waals surface area (Å²) >= 11 is 1.26. The summed E-state index contributed by atoms with van der Waals surface area (Å²) in [7, 11) is 1.97. The van der Waals surface area contributed by atoms with Gasteiger partial charge in [0.2, 0.25) is 0 Å². The first kappa shape index (κ1) is 14.9. The van der Waals surface area contributed by atoms with E-state index in [-0.39, 0.29) is 0 Å². The van der Waals surface area contributed by atoms with Gasteiger partial charge in [-0.1, -0.05) is 6.07 Å². The number of hydrogen-bond acceptors (Lipinski definition) is 5. The van der Waals surface area contributed by atoms with Crippen molar-refractivity contribution in [2.45, 2.75) is 13.1 Å². The molecule has 1 aliphatic rings. The molecule has 5 nitrogen and oxygen atoms in total. The SMILES string of the molecule is CN(Cc1ccc2c(c1)OCCO2)Cc1ccsc1C(=O)O. The highest BCUT2D eigenvalue weighted by Gasteiger charge is 2.15. The molecule has 0 aliphatic carbocycles. The minimum absolute atomic E-state index is 0.411. The van der Waals surface area contributed by atoms with Crippen molar-refractivity contribution < 1.29 is 19.4 Å². The molecule has 1 aromatic carbocycles. The van der Waals surface area contributed by atoms with Gasteiger partial charge in [0.05, 0.1) is 0 Å². The molecule has 22 heavy (non-hydrogen) atoms. The molecular weight excluding hydrogens is 302 g/mol. The van der Waals surface area contributed by atoms with E-state index < -0.39 is 5.97 Å². The smallest absolute Gasteiger partial charge is 0.346 e. The van der Waals surface area contributed by atoms with E-state index in [1.54, 1.807) is 0 Å². The Kier molecular flexibility index (Phi) is 4.31. The third-order valence-corrected chi connectivity index (χ3v) is 4.39. The molecule has 3 rings (SSSR count). The Morgan fingerprint density at radius 2 is 2.00 bits per heavy atom. The number of aromatic carboxylic acids is 1. The van der Waals surface area contributed by atoms with E-state index in [9.17, 15) is 4.79 Å². The quantitative estimate of drug-likeness (QED) is 0.918. The summed E-state index contributed by atoms with van der Waals surface area (Å²) in [6, 6.07) is 7.78. The van der Waals surface area contributed by atoms with Crippen molar-refractivity contribution in [3.8, 4) is 11.5 Å². The summed E-state index contributed by atoms with van der Waals surface area (Å²) in [6.45, 7) is 2.47. The molecule has 1 N–H and O–H groups in total. The van der Waals surface area contributed by atoms with Crippen molar-refractivity contribution in [1.29, 1.82) is 0 Å². The average Bonchev–Trinajstić information content (AvgIpc) is 2.95. The van der Waals surface area contributed by atoms with E-state index >= 15 is 0 Å². The van der Waals surface area contributed by atoms with E-state index in [0.717, 1.165) is 22.6 Å². The van der Waals surface area contributed by atoms with Crippen LogP contribution >= 0.6 is 11.3 Å². The lowest BCUT2D eigenvalue weighted by Crippen LogP contribution is -2.19. The lowest BCUT2D eigenvalue weighted by molar-refractivity contribution is 0.0700. The number of carboxylic acid groups (broad SMARTS) is 1. The molecule has 0 saturated heterocycles. The highest BCUT2D eigenvalue weighted by atomic mass is 32.1. The molecule has 1 aromatic heterocycles. The molecule has 0 bridgehead atoms. The Morgan fingerprint density at radius 1 is 1.23 bits per heavy atom. The second-order valence-corrected chi connectivity index (χ2v) is 6.15. The van der Waals surface area contributed by atoms with Gasteiger partial charge in [-0.2, -0.15) is 0 Å². The molecule has 2 aromatic rings. The Balaban J connectivity index is 1.67. The third-order valence-electron chi connectivity index (χ3n) is 3.44. The zero-order valence-corrected chi connectivity index (χ0v) is 13.1. The monoisotopic (exact) mass is 319 g/mol. The molecule has 0 fully saturated rings. The van der Waals surface area contributed by atoms with Crippen LogP contribution in [-0.4, -0.2) is 36.2 Å². The Bertz CT molecular complexity index is 683. The molecule has 0 amide bonds. The first-order chi connectivity index (χ1) is 10.6. The Labute approximate surface area is 132 Å². The van der Waals surface area contributed by atoms with Crippen molar-refractivity contribution in [2.24, 2.45) is 0 Å². The fourth-order valence-electron chi connectivity index (χ4n) is 2.49. The van der Waals surface area contributed by atoms with Crippen LogP contribution in [0.5, 0.6) is 11.5 Å². The molecule has 116 valence electrons. The number of thiophene rings is 1. The largest absolute Gasteiger partial charge is 0.486 e. The van der Waals surface area contributed by atoms with Crippen molar-refractivity contribution in [1.82, 2.24) is 4.90 Å². The van der Waals surface area contributed by atoms with Gasteiger partial charge in [0, 0.05) is 13.1 Å². The number of ether oxygens (including phenoxy) is 2. The van der Waals surface area contributed by atoms with E-state index in [4.69, 9.17) is 14.6 Å². The van der Waals surface area contributed by atoms with Crippen molar-refractivity contribution in [3.63, 3.8) is 0 Å². The van der Waals surface area contributed by atoms with Crippen LogP contribution in [-0.2, 0) is 13.1 Å². The average molecular weight is 319 g/mol. The van der Waals surface area contributed by atoms with E-state index in [2.05, 4.69) is 4.90 Å². The highest BCUT2D eigenvalue weighted by Crippen LogP contribution is 2.31. The zero-order chi connectivity index (χ0) is 15.5. The van der Waals surface area contributed by atoms with Gasteiger partial charge in [-0.15, -0.1) is 11.3 Å². The number of benzene rings is 1. The second kappa shape index (κ2) is 6.37. The number of carbonyl (C=O) groups is 1. The summed E-state index contributed by atoms with van der Waals surface area (Å²) in [6.07, 6.45) is 0. The number of rotatable bonds is 5. The molecule has 1 aliphatic heterocycles. The molecule has 0 saturated carbocycles. The minimum Gasteiger partial charge on any atom is -0.486 e. The Hall–Kier alpha value is -2.05. The lowest BCUT2D eigenvalue weighted by Gasteiger charge is -2.21. The third kappa shape index (κ3) is 3.23. The molecule has 0 spiro atoms. The van der Waals surface area contributed by atoms with Gasteiger partial charge < -0.3 is 14.6 Å². The number of nitrogens with zero attached hydrogens (tertiary/aromatic N) is 1. The first-order valence-corrected chi connectivity index (χ1v) is 7.88. The van der Waals surface area contributed by atoms with Crippen LogP contribution in [0, 0.1) is 0 Å². The van der Waals surface area contributed by atoms with Crippen LogP contribution in [0.4, 0.5) is 0 Å². The Morgan fingerprint density at radius 3 is 2.77 bits per heavy atom. The summed E-state index contributed by atoms with van der Waals surface area (Å²) in [4.78, 5) is 13.6. The molecular formula is C16H17NO4S. The maximum atomic E-state index is 11.1. The molecule has 0 radical (unpaired) electrons. The van der Waals surface area contributed by atoms with Crippen LogP contribution < -0.4 is 9.47 Å². The molecule has 2 heterocycles. The zero-order valence-electron chi connectivity index (χ0n) is 12.2. The normalized spacial score (nSPS) is 13.4. The maximum absolute atomic E-state index is 11.1. The van der Waals surface area contributed by atoms with Gasteiger partial charge >= 0.3 is 5.97 Å². The van der Waals surface area contributed by atoms with Gasteiger partial charge in [0.1, 0.15) is 18.1 Å². The number of carboxylic acids is 1. The predicted molar refractivity (Wildman–Crippen MR) is 83.9 cm³/mol.